The summed E-state index contributed by atoms with van der Waals surface area (Å²) in [5.74, 6) is 0. The van der Waals surface area contributed by atoms with E-state index in [4.69, 9.17) is 0 Å². The first-order valence-electron chi connectivity index (χ1n) is 24.2. The molecule has 2 aromatic heterocycles. The smallest absolute Gasteiger partial charge is 0.234 e. The maximum atomic E-state index is 17.3. The number of aryl methyl sites for hydroxylation is 1. The van der Waals surface area contributed by atoms with Gasteiger partial charge in [-0.1, -0.05) is 146 Å². The number of benzene rings is 9. The lowest BCUT2D eigenvalue weighted by atomic mass is 9.94. The maximum Gasteiger partial charge on any atom is 0.234 e. The van der Waals surface area contributed by atoms with Crippen LogP contribution in [-0.4, -0.2) is 14.8 Å². The van der Waals surface area contributed by atoms with Crippen LogP contribution in [0.25, 0.3) is 60.4 Å². The van der Waals surface area contributed by atoms with Crippen LogP contribution in [0.2, 0.25) is 0 Å². The number of hydrogen-bond donors (Lipinski definition) is 0. The average Bonchev–Trinajstić information content (AvgIpc) is 3.94. The SMILES string of the molecule is CCc1cccc2c1-c1c(N(PC3C=CC(n4c5ccccc5c5ccccc54)CC3)c3ccccc3)cccc1P(=O)(c1ccc(-n3c4ccccc4c4ccccc43)cc1)N2c1ccccc1. The van der Waals surface area contributed by atoms with E-state index in [0.717, 1.165) is 80.5 Å². The highest BCUT2D eigenvalue weighted by molar-refractivity contribution is 7.81. The van der Waals surface area contributed by atoms with Gasteiger partial charge in [0, 0.05) is 77.0 Å². The van der Waals surface area contributed by atoms with Gasteiger partial charge in [0.2, 0.25) is 7.29 Å². The average molecular weight is 929 g/mol. The lowest BCUT2D eigenvalue weighted by Gasteiger charge is -2.43. The minimum Gasteiger partial charge on any atom is -0.333 e. The van der Waals surface area contributed by atoms with Crippen LogP contribution in [0.5, 0.6) is 0 Å². The topological polar surface area (TPSA) is 33.4 Å². The number of anilines is 4. The van der Waals surface area contributed by atoms with Gasteiger partial charge in [-0.2, -0.15) is 0 Å². The van der Waals surface area contributed by atoms with Crippen molar-refractivity contribution in [3.63, 3.8) is 0 Å². The Morgan fingerprint density at radius 3 is 1.70 bits per heavy atom. The normalized spacial score (nSPS) is 17.8. The van der Waals surface area contributed by atoms with E-state index < -0.39 is 7.29 Å². The molecule has 1 aliphatic carbocycles. The van der Waals surface area contributed by atoms with Gasteiger partial charge in [0.1, 0.15) is 0 Å². The Kier molecular flexibility index (Phi) is 10.3. The predicted molar refractivity (Wildman–Crippen MR) is 295 cm³/mol. The van der Waals surface area contributed by atoms with E-state index in [1.807, 2.05) is 6.07 Å². The maximum absolute atomic E-state index is 17.3. The summed E-state index contributed by atoms with van der Waals surface area (Å²) in [6.07, 6.45) is 7.87. The van der Waals surface area contributed by atoms with Crippen LogP contribution in [0.1, 0.15) is 31.4 Å². The molecular formula is C62H50N4OP2. The van der Waals surface area contributed by atoms with Crippen LogP contribution in [-0.2, 0) is 11.0 Å². The Labute approximate surface area is 404 Å². The van der Waals surface area contributed by atoms with Gasteiger partial charge in [0.05, 0.1) is 28.5 Å². The minimum atomic E-state index is -3.64. The first-order chi connectivity index (χ1) is 34.1. The van der Waals surface area contributed by atoms with Crippen molar-refractivity contribution in [1.29, 1.82) is 0 Å². The number of nitrogens with zero attached hydrogens (tertiary/aromatic N) is 4. The molecule has 5 nitrogen and oxygen atoms in total. The molecule has 11 aromatic rings. The third kappa shape index (κ3) is 6.67. The molecule has 9 aromatic carbocycles. The standard InChI is InChI=1S/C62H50N4OP2/c1-2-43-19-17-33-59-61(43)62-58(65(46-20-5-3-6-21-46)68-48-39-35-44(36-40-48)63-54-28-13-9-24-50(54)51-25-10-14-29-55(51)63)32-18-34-60(62)69(67,66(59)47-22-7-4-8-23-47)49-41-37-45(38-42-49)64-56-30-15-11-26-52(56)53-27-12-16-31-57(53)64/h3-35,37-39,41-42,44,48,68H,2,36,40H2,1H3. The van der Waals surface area contributed by atoms with Crippen LogP contribution < -0.4 is 19.9 Å². The van der Waals surface area contributed by atoms with E-state index in [0.29, 0.717) is 14.4 Å². The molecule has 69 heavy (non-hydrogen) atoms. The quantitative estimate of drug-likeness (QED) is 0.107. The van der Waals surface area contributed by atoms with Crippen molar-refractivity contribution in [2.24, 2.45) is 0 Å². The molecule has 4 unspecified atom stereocenters. The molecule has 13 rings (SSSR count). The monoisotopic (exact) mass is 928 g/mol. The molecule has 0 bridgehead atoms. The fourth-order valence-corrected chi connectivity index (χ4v) is 15.9. The zero-order valence-electron chi connectivity index (χ0n) is 38.4. The molecule has 334 valence electrons. The summed E-state index contributed by atoms with van der Waals surface area (Å²) in [5, 5.41) is 6.70. The highest BCUT2D eigenvalue weighted by Gasteiger charge is 2.45. The van der Waals surface area contributed by atoms with Gasteiger partial charge < -0.3 is 13.8 Å². The van der Waals surface area contributed by atoms with Crippen molar-refractivity contribution in [1.82, 2.24) is 9.13 Å². The van der Waals surface area contributed by atoms with Crippen LogP contribution in [0.15, 0.2) is 231 Å². The van der Waals surface area contributed by atoms with Gasteiger partial charge in [0.15, 0.2) is 0 Å². The summed E-state index contributed by atoms with van der Waals surface area (Å²) in [4.78, 5) is 0. The summed E-state index contributed by atoms with van der Waals surface area (Å²) in [7, 11) is -3.22. The second-order valence-corrected chi connectivity index (χ2v) is 22.3. The molecule has 3 heterocycles. The number of para-hydroxylation sites is 6. The van der Waals surface area contributed by atoms with E-state index in [2.05, 4.69) is 250 Å². The first kappa shape index (κ1) is 41.7. The van der Waals surface area contributed by atoms with Gasteiger partial charge in [0.25, 0.3) is 0 Å². The Balaban J connectivity index is 0.968. The van der Waals surface area contributed by atoms with Crippen molar-refractivity contribution in [3.8, 4) is 16.8 Å². The van der Waals surface area contributed by atoms with Crippen molar-refractivity contribution >= 4 is 93.0 Å². The lowest BCUT2D eigenvalue weighted by molar-refractivity contribution is 0.546. The highest BCUT2D eigenvalue weighted by Crippen LogP contribution is 2.64. The Morgan fingerprint density at radius 2 is 1.09 bits per heavy atom. The summed E-state index contributed by atoms with van der Waals surface area (Å²) in [6, 6.07) is 78.1. The van der Waals surface area contributed by atoms with Crippen LogP contribution in [0.4, 0.5) is 22.7 Å². The number of rotatable bonds is 9. The molecule has 0 saturated carbocycles. The van der Waals surface area contributed by atoms with Gasteiger partial charge in [-0.3, -0.25) is 9.24 Å². The van der Waals surface area contributed by atoms with E-state index in [9.17, 15) is 0 Å². The molecule has 0 spiro atoms. The molecular weight excluding hydrogens is 879 g/mol. The molecule has 2 aliphatic rings. The number of hydrogen-bond acceptors (Lipinski definition) is 2. The second-order valence-electron chi connectivity index (χ2n) is 18.3. The van der Waals surface area contributed by atoms with E-state index in [-0.39, 0.29) is 6.04 Å². The van der Waals surface area contributed by atoms with Crippen molar-refractivity contribution in [3.05, 3.63) is 236 Å². The molecule has 0 amide bonds. The largest absolute Gasteiger partial charge is 0.333 e. The molecule has 0 radical (unpaired) electrons. The van der Waals surface area contributed by atoms with Gasteiger partial charge >= 0.3 is 0 Å². The zero-order chi connectivity index (χ0) is 46.1. The molecule has 0 saturated heterocycles. The molecule has 1 aliphatic heterocycles. The number of fused-ring (bicyclic) bond motifs is 9. The molecule has 0 N–H and O–H groups in total. The van der Waals surface area contributed by atoms with Gasteiger partial charge in [-0.25, -0.2) is 0 Å². The number of allylic oxidation sites excluding steroid dienone is 2. The predicted octanol–water partition coefficient (Wildman–Crippen LogP) is 16.2. The van der Waals surface area contributed by atoms with Crippen LogP contribution >= 0.6 is 16.0 Å². The lowest BCUT2D eigenvalue weighted by Crippen LogP contribution is -2.35. The van der Waals surface area contributed by atoms with Crippen molar-refractivity contribution in [2.75, 3.05) is 9.34 Å². The van der Waals surface area contributed by atoms with Crippen LogP contribution in [0, 0.1) is 0 Å². The van der Waals surface area contributed by atoms with E-state index >= 15 is 4.57 Å². The van der Waals surface area contributed by atoms with Crippen molar-refractivity contribution < 1.29 is 4.57 Å². The summed E-state index contributed by atoms with van der Waals surface area (Å²) >= 11 is 0. The van der Waals surface area contributed by atoms with Crippen LogP contribution in [0.3, 0.4) is 0 Å². The highest BCUT2D eigenvalue weighted by atomic mass is 31.2. The summed E-state index contributed by atoms with van der Waals surface area (Å²) in [6.45, 7) is 2.24. The molecule has 0 fully saturated rings. The Bertz CT molecular complexity index is 3710. The number of aromatic nitrogens is 2. The van der Waals surface area contributed by atoms with Gasteiger partial charge in [-0.05, 0) is 125 Å². The molecule has 7 heteroatoms. The summed E-state index contributed by atoms with van der Waals surface area (Å²) < 4.78 is 26.9. The fraction of sp³-hybridized carbons (Fsp3) is 0.0968. The molecule has 4 atom stereocenters. The fourth-order valence-electron chi connectivity index (χ4n) is 11.4. The van der Waals surface area contributed by atoms with E-state index in [1.165, 1.54) is 38.1 Å². The third-order valence-electron chi connectivity index (χ3n) is 14.5. The Hall–Kier alpha value is -7.42. The van der Waals surface area contributed by atoms with Gasteiger partial charge in [-0.15, -0.1) is 0 Å². The zero-order valence-corrected chi connectivity index (χ0v) is 40.3. The second kappa shape index (κ2) is 17.0. The Morgan fingerprint density at radius 1 is 0.522 bits per heavy atom. The van der Waals surface area contributed by atoms with Crippen molar-refractivity contribution in [2.45, 2.75) is 37.9 Å². The third-order valence-corrected chi connectivity index (χ3v) is 19.1. The van der Waals surface area contributed by atoms with E-state index in [1.54, 1.807) is 0 Å². The first-order valence-corrected chi connectivity index (χ1v) is 26.9. The minimum absolute atomic E-state index is 0.265. The summed E-state index contributed by atoms with van der Waals surface area (Å²) in [5.41, 5.74) is 13.8.